The highest BCUT2D eigenvalue weighted by molar-refractivity contribution is 7.80. The number of anilines is 1. The molecule has 2 rings (SSSR count). The number of aromatic nitrogens is 2. The predicted molar refractivity (Wildman–Crippen MR) is 87.2 cm³/mol. The van der Waals surface area contributed by atoms with Crippen molar-refractivity contribution >= 4 is 23.0 Å². The summed E-state index contributed by atoms with van der Waals surface area (Å²) in [6.45, 7) is 2.35. The quantitative estimate of drug-likeness (QED) is 0.484. The molecule has 0 aliphatic rings. The topological polar surface area (TPSA) is 41.9 Å². The van der Waals surface area contributed by atoms with Crippen molar-refractivity contribution < 1.29 is 17.6 Å². The van der Waals surface area contributed by atoms with Crippen LogP contribution in [0.1, 0.15) is 17.8 Å². The third kappa shape index (κ3) is 5.19. The van der Waals surface area contributed by atoms with E-state index in [-0.39, 0.29) is 5.82 Å². The predicted octanol–water partition coefficient (Wildman–Crippen LogP) is 3.73. The Kier molecular flexibility index (Phi) is 5.76. The summed E-state index contributed by atoms with van der Waals surface area (Å²) < 4.78 is 52.1. The van der Waals surface area contributed by atoms with E-state index >= 15 is 0 Å². The largest absolute Gasteiger partial charge is 0.435 e. The third-order valence-electron chi connectivity index (χ3n) is 3.19. The summed E-state index contributed by atoms with van der Waals surface area (Å²) in [4.78, 5) is 0. The van der Waals surface area contributed by atoms with Crippen molar-refractivity contribution in [3.8, 4) is 0 Å². The fraction of sp³-hybridized carbons (Fsp3) is 0.333. The first-order valence-corrected chi connectivity index (χ1v) is 7.58. The summed E-state index contributed by atoms with van der Waals surface area (Å²) in [5.41, 5.74) is 0.0734. The molecule has 2 aromatic rings. The van der Waals surface area contributed by atoms with E-state index in [0.717, 1.165) is 6.07 Å². The van der Waals surface area contributed by atoms with Crippen molar-refractivity contribution in [3.63, 3.8) is 0 Å². The van der Waals surface area contributed by atoms with Gasteiger partial charge in [0.25, 0.3) is 0 Å². The Labute approximate surface area is 141 Å². The number of alkyl halides is 3. The maximum atomic E-state index is 13.0. The molecule has 0 aliphatic carbocycles. The normalized spacial score (nSPS) is 11.4. The summed E-state index contributed by atoms with van der Waals surface area (Å²) >= 11 is 5.07. The molecule has 0 amide bonds. The van der Waals surface area contributed by atoms with Gasteiger partial charge in [0, 0.05) is 24.5 Å². The van der Waals surface area contributed by atoms with Gasteiger partial charge in [0.05, 0.1) is 0 Å². The van der Waals surface area contributed by atoms with E-state index in [0.29, 0.717) is 36.0 Å². The van der Waals surface area contributed by atoms with Crippen molar-refractivity contribution in [2.24, 2.45) is 0 Å². The summed E-state index contributed by atoms with van der Waals surface area (Å²) in [6.07, 6.45) is -3.91. The Hall–Kier alpha value is -2.16. The molecule has 2 N–H and O–H groups in total. The Balaban J connectivity index is 1.77. The van der Waals surface area contributed by atoms with Crippen LogP contribution in [0.3, 0.4) is 0 Å². The molecule has 0 unspecified atom stereocenters. The van der Waals surface area contributed by atoms with E-state index in [4.69, 9.17) is 12.2 Å². The lowest BCUT2D eigenvalue weighted by molar-refractivity contribution is -0.141. The standard InChI is InChI=1S/C15H16F4N4S/c1-10-8-13(15(17,18)19)22-23(10)7-3-6-20-14(24)21-12-5-2-4-11(16)9-12/h2,4-5,8-9H,3,6-7H2,1H3,(H2,20,21,24). The zero-order chi connectivity index (χ0) is 17.7. The van der Waals surface area contributed by atoms with Gasteiger partial charge in [-0.1, -0.05) is 6.07 Å². The molecule has 0 aliphatic heterocycles. The first-order chi connectivity index (χ1) is 11.3. The van der Waals surface area contributed by atoms with Gasteiger partial charge in [0.15, 0.2) is 10.8 Å². The highest BCUT2D eigenvalue weighted by Crippen LogP contribution is 2.28. The van der Waals surface area contributed by atoms with Crippen LogP contribution in [0.4, 0.5) is 23.2 Å². The van der Waals surface area contributed by atoms with E-state index in [1.165, 1.54) is 16.8 Å². The minimum absolute atomic E-state index is 0.314. The molecule has 0 radical (unpaired) electrons. The Morgan fingerprint density at radius 3 is 2.67 bits per heavy atom. The van der Waals surface area contributed by atoms with Gasteiger partial charge in [-0.3, -0.25) is 4.68 Å². The fourth-order valence-corrected chi connectivity index (χ4v) is 2.27. The second-order valence-corrected chi connectivity index (χ2v) is 5.54. The molecule has 9 heteroatoms. The van der Waals surface area contributed by atoms with Gasteiger partial charge in [0.1, 0.15) is 5.82 Å². The monoisotopic (exact) mass is 360 g/mol. The zero-order valence-corrected chi connectivity index (χ0v) is 13.6. The smallest absolute Gasteiger partial charge is 0.362 e. The number of aryl methyl sites for hydroxylation is 2. The van der Waals surface area contributed by atoms with Gasteiger partial charge in [-0.2, -0.15) is 18.3 Å². The molecule has 0 bridgehead atoms. The number of rotatable bonds is 5. The molecular formula is C15H16F4N4S. The van der Waals surface area contributed by atoms with E-state index in [1.54, 1.807) is 19.1 Å². The average molecular weight is 360 g/mol. The molecule has 24 heavy (non-hydrogen) atoms. The Morgan fingerprint density at radius 1 is 1.29 bits per heavy atom. The summed E-state index contributed by atoms with van der Waals surface area (Å²) in [7, 11) is 0. The molecular weight excluding hydrogens is 344 g/mol. The number of benzene rings is 1. The number of hydrogen-bond acceptors (Lipinski definition) is 2. The second kappa shape index (κ2) is 7.61. The van der Waals surface area contributed by atoms with Crippen molar-refractivity contribution in [1.82, 2.24) is 15.1 Å². The van der Waals surface area contributed by atoms with Crippen molar-refractivity contribution in [1.29, 1.82) is 0 Å². The lowest BCUT2D eigenvalue weighted by atomic mass is 10.3. The summed E-state index contributed by atoms with van der Waals surface area (Å²) in [5.74, 6) is -0.377. The number of nitrogens with one attached hydrogen (secondary N) is 2. The molecule has 0 saturated carbocycles. The van der Waals surface area contributed by atoms with Crippen molar-refractivity contribution in [2.45, 2.75) is 26.1 Å². The van der Waals surface area contributed by atoms with Gasteiger partial charge in [-0.05, 0) is 49.8 Å². The number of thiocarbonyl (C=S) groups is 1. The Bertz CT molecular complexity index is 712. The van der Waals surface area contributed by atoms with E-state index in [2.05, 4.69) is 15.7 Å². The molecule has 0 saturated heterocycles. The molecule has 130 valence electrons. The first-order valence-electron chi connectivity index (χ1n) is 7.18. The van der Waals surface area contributed by atoms with Gasteiger partial charge >= 0.3 is 6.18 Å². The van der Waals surface area contributed by atoms with Crippen LogP contribution >= 0.6 is 12.2 Å². The maximum absolute atomic E-state index is 13.0. The van der Waals surface area contributed by atoms with Crippen molar-refractivity contribution in [3.05, 3.63) is 47.5 Å². The summed E-state index contributed by atoms with van der Waals surface area (Å²) in [5, 5.41) is 9.60. The van der Waals surface area contributed by atoms with Crippen LogP contribution in [0, 0.1) is 12.7 Å². The molecule has 4 nitrogen and oxygen atoms in total. The third-order valence-corrected chi connectivity index (χ3v) is 3.43. The number of nitrogens with zero attached hydrogens (tertiary/aromatic N) is 2. The second-order valence-electron chi connectivity index (χ2n) is 5.14. The minimum atomic E-state index is -4.44. The first kappa shape index (κ1) is 18.2. The molecule has 0 atom stereocenters. The van der Waals surface area contributed by atoms with Gasteiger partial charge in [0.2, 0.25) is 0 Å². The van der Waals surface area contributed by atoms with E-state index < -0.39 is 11.9 Å². The molecule has 1 aromatic carbocycles. The maximum Gasteiger partial charge on any atom is 0.435 e. The van der Waals surface area contributed by atoms with Gasteiger partial charge in [-0.15, -0.1) is 0 Å². The van der Waals surface area contributed by atoms with Crippen LogP contribution < -0.4 is 10.6 Å². The van der Waals surface area contributed by atoms with E-state index in [9.17, 15) is 17.6 Å². The number of hydrogen-bond donors (Lipinski definition) is 2. The molecule has 1 heterocycles. The van der Waals surface area contributed by atoms with Crippen LogP contribution in [0.25, 0.3) is 0 Å². The van der Waals surface area contributed by atoms with Crippen LogP contribution in [-0.4, -0.2) is 21.4 Å². The van der Waals surface area contributed by atoms with Crippen LogP contribution in [0.15, 0.2) is 30.3 Å². The molecule has 0 spiro atoms. The zero-order valence-electron chi connectivity index (χ0n) is 12.8. The summed E-state index contributed by atoms with van der Waals surface area (Å²) in [6, 6.07) is 6.87. The van der Waals surface area contributed by atoms with Crippen molar-refractivity contribution in [2.75, 3.05) is 11.9 Å². The molecule has 1 aromatic heterocycles. The highest BCUT2D eigenvalue weighted by atomic mass is 32.1. The van der Waals surface area contributed by atoms with Crippen LogP contribution in [0.5, 0.6) is 0 Å². The average Bonchev–Trinajstić information content (AvgIpc) is 2.85. The molecule has 0 fully saturated rings. The SMILES string of the molecule is Cc1cc(C(F)(F)F)nn1CCCNC(=S)Nc1cccc(F)c1. The van der Waals surface area contributed by atoms with E-state index in [1.807, 2.05) is 0 Å². The van der Waals surface area contributed by atoms with Crippen LogP contribution in [-0.2, 0) is 12.7 Å². The Morgan fingerprint density at radius 2 is 2.04 bits per heavy atom. The van der Waals surface area contributed by atoms with Gasteiger partial charge in [-0.25, -0.2) is 4.39 Å². The van der Waals surface area contributed by atoms with Crippen LogP contribution in [0.2, 0.25) is 0 Å². The lowest BCUT2D eigenvalue weighted by Crippen LogP contribution is -2.29. The number of halogens is 4. The fourth-order valence-electron chi connectivity index (χ4n) is 2.05. The lowest BCUT2D eigenvalue weighted by Gasteiger charge is -2.11. The highest BCUT2D eigenvalue weighted by Gasteiger charge is 2.34. The minimum Gasteiger partial charge on any atom is -0.362 e. The van der Waals surface area contributed by atoms with Gasteiger partial charge < -0.3 is 10.6 Å².